The number of hydrogen-bond donors (Lipinski definition) is 3. The number of carbonyl (C=O) groups is 2. The summed E-state index contributed by atoms with van der Waals surface area (Å²) in [4.78, 5) is 27.6. The fourth-order valence-corrected chi connectivity index (χ4v) is 5.05. The highest BCUT2D eigenvalue weighted by atomic mass is 16.3. The van der Waals surface area contributed by atoms with E-state index < -0.39 is 12.1 Å². The zero-order chi connectivity index (χ0) is 24.4. The lowest BCUT2D eigenvalue weighted by molar-refractivity contribution is -0.142. The van der Waals surface area contributed by atoms with Gasteiger partial charge in [0.05, 0.1) is 11.8 Å². The Hall–Kier alpha value is -2.71. The molecule has 0 spiro atoms. The lowest BCUT2D eigenvalue weighted by Crippen LogP contribution is -2.48. The number of amides is 2. The Balaban J connectivity index is 1.52. The zero-order valence-electron chi connectivity index (χ0n) is 20.7. The van der Waals surface area contributed by atoms with Gasteiger partial charge in [-0.25, -0.2) is 0 Å². The van der Waals surface area contributed by atoms with Gasteiger partial charge in [0, 0.05) is 50.3 Å². The third-order valence-electron chi connectivity index (χ3n) is 7.38. The van der Waals surface area contributed by atoms with Gasteiger partial charge in [-0.1, -0.05) is 32.9 Å². The maximum absolute atomic E-state index is 13.1. The number of β-amino-alcohol motifs (C(OH)–C–C–N with tert-alkyl or cyclic N) is 1. The molecule has 4 rings (SSSR count). The molecule has 0 saturated carbocycles. The van der Waals surface area contributed by atoms with E-state index in [9.17, 15) is 14.7 Å². The van der Waals surface area contributed by atoms with Crippen LogP contribution in [0.25, 0.3) is 11.3 Å². The Morgan fingerprint density at radius 1 is 1.24 bits per heavy atom. The number of nitrogens with zero attached hydrogens (tertiary/aromatic N) is 3. The number of aryl methyl sites for hydroxylation is 1. The Bertz CT molecular complexity index is 1050. The van der Waals surface area contributed by atoms with E-state index in [2.05, 4.69) is 40.9 Å². The second-order valence-electron chi connectivity index (χ2n) is 9.83. The van der Waals surface area contributed by atoms with Crippen LogP contribution in [0.15, 0.2) is 24.4 Å². The molecule has 34 heavy (non-hydrogen) atoms. The Morgan fingerprint density at radius 3 is 2.76 bits per heavy atom. The van der Waals surface area contributed by atoms with Gasteiger partial charge in [0.15, 0.2) is 0 Å². The van der Waals surface area contributed by atoms with Gasteiger partial charge in [0.2, 0.25) is 11.8 Å². The van der Waals surface area contributed by atoms with Crippen molar-refractivity contribution < 1.29 is 14.7 Å². The fraction of sp³-hybridized carbons (Fsp3) is 0.577. The van der Waals surface area contributed by atoms with E-state index in [1.165, 1.54) is 16.7 Å². The first-order chi connectivity index (χ1) is 16.3. The number of aliphatic hydroxyl groups is 1. The minimum atomic E-state index is -0.668. The molecule has 1 aromatic heterocycles. The number of likely N-dealkylation sites (tertiary alicyclic amines) is 1. The monoisotopic (exact) mass is 467 g/mol. The van der Waals surface area contributed by atoms with Crippen molar-refractivity contribution in [1.82, 2.24) is 25.3 Å². The summed E-state index contributed by atoms with van der Waals surface area (Å²) in [5, 5.41) is 21.1. The molecule has 2 aliphatic rings. The topological polar surface area (TPSA) is 99.5 Å². The normalized spacial score (nSPS) is 20.9. The van der Waals surface area contributed by atoms with E-state index in [-0.39, 0.29) is 36.6 Å². The molecule has 1 fully saturated rings. The van der Waals surface area contributed by atoms with Crippen molar-refractivity contribution in [1.29, 1.82) is 0 Å². The molecule has 1 aromatic carbocycles. The van der Waals surface area contributed by atoms with Gasteiger partial charge in [-0.2, -0.15) is 5.10 Å². The first-order valence-corrected chi connectivity index (χ1v) is 12.4. The van der Waals surface area contributed by atoms with Crippen LogP contribution in [0.4, 0.5) is 0 Å². The second kappa shape index (κ2) is 10.3. The van der Waals surface area contributed by atoms with Gasteiger partial charge in [0.1, 0.15) is 6.04 Å². The highest BCUT2D eigenvalue weighted by Crippen LogP contribution is 2.31. The SMILES string of the molecule is CCn1nccc1-c1ccc(CNC(=O)C2CC(O)CN2C(=O)C(C)C(C)C)c2c1CCNC2. The molecule has 8 heteroatoms. The van der Waals surface area contributed by atoms with E-state index in [1.807, 2.05) is 31.6 Å². The first-order valence-electron chi connectivity index (χ1n) is 12.4. The average Bonchev–Trinajstić information content (AvgIpc) is 3.47. The van der Waals surface area contributed by atoms with Crippen molar-refractivity contribution in [2.75, 3.05) is 13.1 Å². The van der Waals surface area contributed by atoms with Crippen LogP contribution >= 0.6 is 0 Å². The Morgan fingerprint density at radius 2 is 2.03 bits per heavy atom. The molecule has 184 valence electrons. The van der Waals surface area contributed by atoms with E-state index >= 15 is 0 Å². The fourth-order valence-electron chi connectivity index (χ4n) is 5.05. The van der Waals surface area contributed by atoms with E-state index in [4.69, 9.17) is 0 Å². The van der Waals surface area contributed by atoms with Crippen molar-refractivity contribution in [3.05, 3.63) is 41.1 Å². The molecule has 2 aromatic rings. The highest BCUT2D eigenvalue weighted by molar-refractivity contribution is 5.89. The summed E-state index contributed by atoms with van der Waals surface area (Å²) in [5.41, 5.74) is 5.92. The van der Waals surface area contributed by atoms with Crippen LogP contribution in [0.5, 0.6) is 0 Å². The second-order valence-corrected chi connectivity index (χ2v) is 9.83. The maximum atomic E-state index is 13.1. The van der Waals surface area contributed by atoms with E-state index in [0.717, 1.165) is 37.3 Å². The van der Waals surface area contributed by atoms with Crippen LogP contribution in [-0.4, -0.2) is 56.8 Å². The summed E-state index contributed by atoms with van der Waals surface area (Å²) in [6.45, 7) is 11.1. The maximum Gasteiger partial charge on any atom is 0.243 e. The lowest BCUT2D eigenvalue weighted by Gasteiger charge is -2.28. The summed E-state index contributed by atoms with van der Waals surface area (Å²) in [6.07, 6.45) is 2.37. The van der Waals surface area contributed by atoms with Gasteiger partial charge >= 0.3 is 0 Å². The number of aliphatic hydroxyl groups excluding tert-OH is 1. The molecular weight excluding hydrogens is 430 g/mol. The number of carbonyl (C=O) groups excluding carboxylic acids is 2. The van der Waals surface area contributed by atoms with Crippen LogP contribution in [0.2, 0.25) is 0 Å². The van der Waals surface area contributed by atoms with Crippen LogP contribution in [0, 0.1) is 11.8 Å². The third-order valence-corrected chi connectivity index (χ3v) is 7.38. The molecule has 2 aliphatic heterocycles. The molecule has 2 amide bonds. The van der Waals surface area contributed by atoms with Crippen molar-refractivity contribution >= 4 is 11.8 Å². The number of hydrogen-bond acceptors (Lipinski definition) is 5. The summed E-state index contributed by atoms with van der Waals surface area (Å²) in [5.74, 6) is -0.282. The molecule has 3 unspecified atom stereocenters. The summed E-state index contributed by atoms with van der Waals surface area (Å²) >= 11 is 0. The summed E-state index contributed by atoms with van der Waals surface area (Å²) in [7, 11) is 0. The van der Waals surface area contributed by atoms with Crippen molar-refractivity contribution in [3.63, 3.8) is 0 Å². The van der Waals surface area contributed by atoms with Crippen LogP contribution in [-0.2, 0) is 35.6 Å². The lowest BCUT2D eigenvalue weighted by atomic mass is 9.90. The largest absolute Gasteiger partial charge is 0.391 e. The standard InChI is InChI=1S/C26H37N5O3/c1-5-31-23(9-11-29-31)21-7-6-18(22-14-27-10-8-20(21)22)13-28-25(33)24-12-19(32)15-30(24)26(34)17(4)16(2)3/h6-7,9,11,16-17,19,24,27,32H,5,8,10,12-15H2,1-4H3,(H,28,33). The number of benzene rings is 1. The highest BCUT2D eigenvalue weighted by Gasteiger charge is 2.40. The van der Waals surface area contributed by atoms with Gasteiger partial charge < -0.3 is 20.6 Å². The molecule has 3 N–H and O–H groups in total. The van der Waals surface area contributed by atoms with Gasteiger partial charge in [-0.3, -0.25) is 14.3 Å². The Kier molecular flexibility index (Phi) is 7.38. The van der Waals surface area contributed by atoms with Crippen molar-refractivity contribution in [2.45, 2.75) is 72.3 Å². The predicted octanol–water partition coefficient (Wildman–Crippen LogP) is 2.09. The van der Waals surface area contributed by atoms with Crippen LogP contribution in [0.1, 0.15) is 50.8 Å². The first kappa shape index (κ1) is 24.4. The molecule has 0 bridgehead atoms. The number of nitrogens with one attached hydrogen (secondary N) is 2. The van der Waals surface area contributed by atoms with Crippen LogP contribution in [0.3, 0.4) is 0 Å². The molecule has 0 aliphatic carbocycles. The molecule has 8 nitrogen and oxygen atoms in total. The molecule has 3 atom stereocenters. The third kappa shape index (κ3) is 4.74. The molecule has 3 heterocycles. The van der Waals surface area contributed by atoms with Gasteiger partial charge in [-0.05, 0) is 48.6 Å². The molecule has 0 radical (unpaired) electrons. The minimum absolute atomic E-state index is 0.0647. The summed E-state index contributed by atoms with van der Waals surface area (Å²) in [6, 6.07) is 5.64. The van der Waals surface area contributed by atoms with Crippen molar-refractivity contribution in [2.24, 2.45) is 11.8 Å². The predicted molar refractivity (Wildman–Crippen MR) is 131 cm³/mol. The molecular formula is C26H37N5O3. The van der Waals surface area contributed by atoms with Crippen LogP contribution < -0.4 is 10.6 Å². The number of aromatic nitrogens is 2. The quantitative estimate of drug-likeness (QED) is 0.579. The zero-order valence-corrected chi connectivity index (χ0v) is 20.7. The smallest absolute Gasteiger partial charge is 0.243 e. The van der Waals surface area contributed by atoms with Gasteiger partial charge in [-0.15, -0.1) is 0 Å². The molecule has 1 saturated heterocycles. The minimum Gasteiger partial charge on any atom is -0.391 e. The average molecular weight is 468 g/mol. The summed E-state index contributed by atoms with van der Waals surface area (Å²) < 4.78 is 2.01. The van der Waals surface area contributed by atoms with Gasteiger partial charge in [0.25, 0.3) is 0 Å². The number of fused-ring (bicyclic) bond motifs is 1. The van der Waals surface area contributed by atoms with Crippen molar-refractivity contribution in [3.8, 4) is 11.3 Å². The van der Waals surface area contributed by atoms with E-state index in [0.29, 0.717) is 6.54 Å². The Labute approximate surface area is 201 Å². The van der Waals surface area contributed by atoms with E-state index in [1.54, 1.807) is 4.90 Å². The number of rotatable bonds is 7.